The molecule has 144 valence electrons. The molecule has 26 heavy (non-hydrogen) atoms. The van der Waals surface area contributed by atoms with E-state index < -0.39 is 56.6 Å². The van der Waals surface area contributed by atoms with E-state index in [1.54, 1.807) is 0 Å². The Balaban J connectivity index is 1.93. The summed E-state index contributed by atoms with van der Waals surface area (Å²) in [6, 6.07) is 0. The molecule has 1 aliphatic heterocycles. The van der Waals surface area contributed by atoms with Crippen molar-refractivity contribution in [2.24, 2.45) is 0 Å². The van der Waals surface area contributed by atoms with Gasteiger partial charge in [0.25, 0.3) is 5.56 Å². The van der Waals surface area contributed by atoms with Crippen LogP contribution in [0.2, 0.25) is 0 Å². The van der Waals surface area contributed by atoms with Gasteiger partial charge in [0, 0.05) is 0 Å². The predicted octanol–water partition coefficient (Wildman–Crippen LogP) is -3.17. The number of aromatic nitrogens is 4. The molecule has 0 aliphatic carbocycles. The fraction of sp³-hybridized carbons (Fsp3) is 0.545. The number of H-pyrrole nitrogens is 1. The highest BCUT2D eigenvalue weighted by atomic mass is 31.2. The minimum Gasteiger partial charge on any atom is -0.387 e. The van der Waals surface area contributed by atoms with Gasteiger partial charge in [-0.1, -0.05) is 0 Å². The third-order valence-corrected chi connectivity index (χ3v) is 4.20. The lowest BCUT2D eigenvalue weighted by Gasteiger charge is -2.16. The molecule has 3 rings (SSSR count). The summed E-state index contributed by atoms with van der Waals surface area (Å²) in [5.41, 5.74) is -1.12. The topological polar surface area (TPSA) is 220 Å². The number of ether oxygens (including phenoxy) is 1. The highest BCUT2D eigenvalue weighted by Crippen LogP contribution is 2.38. The number of rotatable bonds is 5. The summed E-state index contributed by atoms with van der Waals surface area (Å²) in [7, 11) is -4.81. The summed E-state index contributed by atoms with van der Waals surface area (Å²) in [6.07, 6.45) is -6.73. The van der Waals surface area contributed by atoms with Crippen molar-refractivity contribution in [3.8, 4) is 0 Å². The molecule has 2 unspecified atom stereocenters. The van der Waals surface area contributed by atoms with Gasteiger partial charge in [0.15, 0.2) is 23.2 Å². The second-order valence-corrected chi connectivity index (χ2v) is 6.72. The number of hydrogen-bond acceptors (Lipinski definition) is 10. The van der Waals surface area contributed by atoms with Crippen molar-refractivity contribution in [2.75, 3.05) is 6.61 Å². The number of fused-ring (bicyclic) bond motifs is 1. The molecular formula is C11H15N4O10P. The Labute approximate surface area is 143 Å². The number of aliphatic hydroxyl groups is 4. The van der Waals surface area contributed by atoms with Crippen LogP contribution in [-0.4, -0.2) is 74.7 Å². The van der Waals surface area contributed by atoms with Gasteiger partial charge in [0.05, 0.1) is 12.9 Å². The minimum atomic E-state index is -4.81. The first-order valence-electron chi connectivity index (χ1n) is 7.13. The van der Waals surface area contributed by atoms with E-state index >= 15 is 0 Å². The number of phosphoric ester groups is 1. The summed E-state index contributed by atoms with van der Waals surface area (Å²) in [5, 5.41) is 38.5. The Morgan fingerprint density at radius 1 is 1.35 bits per heavy atom. The largest absolute Gasteiger partial charge is 0.469 e. The first-order valence-corrected chi connectivity index (χ1v) is 8.66. The van der Waals surface area contributed by atoms with Crippen LogP contribution >= 0.6 is 7.82 Å². The van der Waals surface area contributed by atoms with Gasteiger partial charge in [-0.25, -0.2) is 14.5 Å². The smallest absolute Gasteiger partial charge is 0.387 e. The third kappa shape index (κ3) is 3.55. The zero-order chi connectivity index (χ0) is 19.2. The molecular weight excluding hydrogens is 379 g/mol. The van der Waals surface area contributed by atoms with E-state index in [1.807, 2.05) is 0 Å². The van der Waals surface area contributed by atoms with E-state index in [0.29, 0.717) is 0 Å². The first-order chi connectivity index (χ1) is 12.1. The van der Waals surface area contributed by atoms with Gasteiger partial charge in [-0.05, 0) is 0 Å². The predicted molar refractivity (Wildman–Crippen MR) is 79.2 cm³/mol. The molecule has 3 heterocycles. The molecule has 2 aromatic rings. The van der Waals surface area contributed by atoms with Crippen molar-refractivity contribution in [1.29, 1.82) is 0 Å². The molecule has 0 aromatic carbocycles. The van der Waals surface area contributed by atoms with Crippen molar-refractivity contribution in [1.82, 2.24) is 19.5 Å². The van der Waals surface area contributed by atoms with Gasteiger partial charge in [0.2, 0.25) is 6.29 Å². The molecule has 0 radical (unpaired) electrons. The monoisotopic (exact) mass is 394 g/mol. The maximum absolute atomic E-state index is 11.9. The molecule has 14 nitrogen and oxygen atoms in total. The number of phosphoric acid groups is 1. The van der Waals surface area contributed by atoms with Crippen LogP contribution in [0.4, 0.5) is 0 Å². The maximum Gasteiger partial charge on any atom is 0.469 e. The van der Waals surface area contributed by atoms with Gasteiger partial charge in [-0.15, -0.1) is 0 Å². The van der Waals surface area contributed by atoms with Crippen LogP contribution in [0.15, 0.2) is 11.1 Å². The molecule has 1 fully saturated rings. The average molecular weight is 394 g/mol. The van der Waals surface area contributed by atoms with Crippen LogP contribution < -0.4 is 5.56 Å². The van der Waals surface area contributed by atoms with E-state index in [2.05, 4.69) is 19.5 Å². The highest BCUT2D eigenvalue weighted by molar-refractivity contribution is 7.46. The molecule has 0 amide bonds. The number of nitrogens with one attached hydrogen (secondary N) is 1. The Bertz CT molecular complexity index is 906. The number of aromatic amines is 1. The second kappa shape index (κ2) is 6.77. The normalized spacial score (nSPS) is 26.9. The van der Waals surface area contributed by atoms with Crippen molar-refractivity contribution in [3.05, 3.63) is 22.5 Å². The number of aliphatic hydroxyl groups excluding tert-OH is 3. The Morgan fingerprint density at radius 2 is 2.04 bits per heavy atom. The maximum atomic E-state index is 11.9. The second-order valence-electron chi connectivity index (χ2n) is 5.48. The quantitative estimate of drug-likeness (QED) is 0.197. The summed E-state index contributed by atoms with van der Waals surface area (Å²) >= 11 is 0. The molecule has 1 aliphatic rings. The lowest BCUT2D eigenvalue weighted by Crippen LogP contribution is -2.33. The SMILES string of the molecule is O=c1[nH]c(C(O)O)nc2c1ncn2[C@@H]1O[C@H](COP(=O)(O)O)C(O)C1O. The van der Waals surface area contributed by atoms with Crippen molar-refractivity contribution < 1.29 is 44.0 Å². The zero-order valence-corrected chi connectivity index (χ0v) is 13.7. The Kier molecular flexibility index (Phi) is 4.96. The number of nitrogens with zero attached hydrogens (tertiary/aromatic N) is 3. The molecule has 7 N–H and O–H groups in total. The van der Waals surface area contributed by atoms with Gasteiger partial charge in [0.1, 0.15) is 18.3 Å². The van der Waals surface area contributed by atoms with E-state index in [4.69, 9.17) is 24.7 Å². The molecule has 15 heteroatoms. The molecule has 1 saturated heterocycles. The first kappa shape index (κ1) is 19.0. The van der Waals surface area contributed by atoms with Crippen LogP contribution in [0.3, 0.4) is 0 Å². The van der Waals surface area contributed by atoms with E-state index in [0.717, 1.165) is 10.9 Å². The Hall–Kier alpha value is -1.74. The van der Waals surface area contributed by atoms with Crippen LogP contribution in [-0.2, 0) is 13.8 Å². The van der Waals surface area contributed by atoms with Crippen molar-refractivity contribution in [2.45, 2.75) is 30.8 Å². The van der Waals surface area contributed by atoms with Crippen LogP contribution in [0.5, 0.6) is 0 Å². The molecule has 4 atom stereocenters. The lowest BCUT2D eigenvalue weighted by atomic mass is 10.1. The summed E-state index contributed by atoms with van der Waals surface area (Å²) in [5.74, 6) is -0.473. The summed E-state index contributed by atoms with van der Waals surface area (Å²) in [4.78, 5) is 39.1. The van der Waals surface area contributed by atoms with Crippen LogP contribution in [0.1, 0.15) is 18.3 Å². The molecule has 0 bridgehead atoms. The third-order valence-electron chi connectivity index (χ3n) is 3.71. The fourth-order valence-electron chi connectivity index (χ4n) is 2.52. The van der Waals surface area contributed by atoms with Gasteiger partial charge < -0.3 is 39.9 Å². The van der Waals surface area contributed by atoms with Crippen LogP contribution in [0.25, 0.3) is 11.2 Å². The number of imidazole rings is 1. The zero-order valence-electron chi connectivity index (χ0n) is 12.8. The van der Waals surface area contributed by atoms with E-state index in [-0.39, 0.29) is 11.2 Å². The molecule has 0 spiro atoms. The van der Waals surface area contributed by atoms with Gasteiger partial charge >= 0.3 is 7.82 Å². The summed E-state index contributed by atoms with van der Waals surface area (Å²) < 4.78 is 21.4. The average Bonchev–Trinajstić information content (AvgIpc) is 3.08. The number of hydrogen-bond donors (Lipinski definition) is 7. The van der Waals surface area contributed by atoms with Gasteiger partial charge in [-0.3, -0.25) is 13.9 Å². The fourth-order valence-corrected chi connectivity index (χ4v) is 2.86. The van der Waals surface area contributed by atoms with Crippen molar-refractivity contribution in [3.63, 3.8) is 0 Å². The van der Waals surface area contributed by atoms with Crippen LogP contribution in [0, 0.1) is 0 Å². The molecule has 2 aromatic heterocycles. The molecule has 0 saturated carbocycles. The standard InChI is InChI=1S/C11H15N4O10P/c16-5-3(1-24-26(21,22)23)25-10(6(5)17)15-2-12-4-8(15)13-7(11(19)20)14-9(4)18/h2-3,5-6,10-11,16-17,19-20H,1H2,(H,13,14,18)(H2,21,22,23)/t3-,5?,6?,10-/m1/s1. The summed E-state index contributed by atoms with van der Waals surface area (Å²) in [6.45, 7) is -0.708. The van der Waals surface area contributed by atoms with Gasteiger partial charge in [-0.2, -0.15) is 0 Å². The van der Waals surface area contributed by atoms with E-state index in [1.165, 1.54) is 0 Å². The van der Waals surface area contributed by atoms with Crippen molar-refractivity contribution >= 4 is 19.0 Å². The highest BCUT2D eigenvalue weighted by Gasteiger charge is 2.45. The Morgan fingerprint density at radius 3 is 2.65 bits per heavy atom. The lowest BCUT2D eigenvalue weighted by molar-refractivity contribution is -0.0522. The van der Waals surface area contributed by atoms with E-state index in [9.17, 15) is 19.6 Å². The minimum absolute atomic E-state index is 0.162.